The lowest BCUT2D eigenvalue weighted by Crippen LogP contribution is -2.25. The highest BCUT2D eigenvalue weighted by Crippen LogP contribution is 2.64. The predicted octanol–water partition coefficient (Wildman–Crippen LogP) is 9.16. The molecule has 6 aromatic rings. The third-order valence-electron chi connectivity index (χ3n) is 7.55. The van der Waals surface area contributed by atoms with Gasteiger partial charge in [-0.15, -0.1) is 11.3 Å². The Hall–Kier alpha value is -3.20. The van der Waals surface area contributed by atoms with Gasteiger partial charge in [0.1, 0.15) is 0 Å². The SMILES string of the molecule is Brc1ccc2c(c1)C1(c3ccccc3-2)c2ccccc2-c2c1ccc1sc3ccccc3c21. The normalized spacial score (nSPS) is 17.4. The van der Waals surface area contributed by atoms with Crippen LogP contribution in [0.2, 0.25) is 0 Å². The van der Waals surface area contributed by atoms with Gasteiger partial charge < -0.3 is 0 Å². The molecular weight excluding hydrogens is 484 g/mol. The number of halogens is 1. The van der Waals surface area contributed by atoms with Crippen LogP contribution in [0, 0.1) is 0 Å². The summed E-state index contributed by atoms with van der Waals surface area (Å²) in [4.78, 5) is 0. The van der Waals surface area contributed by atoms with Crippen molar-refractivity contribution >= 4 is 47.4 Å². The minimum absolute atomic E-state index is 0.293. The zero-order valence-electron chi connectivity index (χ0n) is 17.6. The molecular formula is C31H17BrS. The molecule has 0 radical (unpaired) electrons. The standard InChI is InChI=1S/C31H17BrS/c32-18-13-14-20-19-7-1-4-10-23(19)31(26(20)17-18)24-11-5-2-8-21(24)29-25(31)15-16-28-30(29)22-9-3-6-12-27(22)33-28/h1-17H. The van der Waals surface area contributed by atoms with Crippen molar-refractivity contribution in [3.8, 4) is 22.3 Å². The van der Waals surface area contributed by atoms with Crippen LogP contribution < -0.4 is 0 Å². The molecule has 1 aromatic heterocycles. The lowest BCUT2D eigenvalue weighted by atomic mass is 9.70. The van der Waals surface area contributed by atoms with Crippen LogP contribution in [0.3, 0.4) is 0 Å². The molecule has 1 unspecified atom stereocenters. The van der Waals surface area contributed by atoms with Gasteiger partial charge >= 0.3 is 0 Å². The summed E-state index contributed by atoms with van der Waals surface area (Å²) in [6.45, 7) is 0. The quantitative estimate of drug-likeness (QED) is 0.194. The van der Waals surface area contributed by atoms with E-state index in [2.05, 4.69) is 119 Å². The molecule has 0 saturated heterocycles. The summed E-state index contributed by atoms with van der Waals surface area (Å²) in [7, 11) is 0. The van der Waals surface area contributed by atoms with Crippen LogP contribution in [-0.4, -0.2) is 0 Å². The molecule has 1 heterocycles. The van der Waals surface area contributed by atoms with E-state index in [1.54, 1.807) is 0 Å². The fourth-order valence-corrected chi connectivity index (χ4v) is 7.89. The number of fused-ring (bicyclic) bond motifs is 14. The molecule has 8 rings (SSSR count). The smallest absolute Gasteiger partial charge is 0.0726 e. The van der Waals surface area contributed by atoms with Gasteiger partial charge in [0.05, 0.1) is 5.41 Å². The lowest BCUT2D eigenvalue weighted by Gasteiger charge is -2.30. The van der Waals surface area contributed by atoms with Crippen LogP contribution in [0.1, 0.15) is 22.3 Å². The van der Waals surface area contributed by atoms with Crippen molar-refractivity contribution in [2.75, 3.05) is 0 Å². The summed E-state index contributed by atoms with van der Waals surface area (Å²) < 4.78 is 3.85. The molecule has 154 valence electrons. The molecule has 2 heteroatoms. The highest BCUT2D eigenvalue weighted by Gasteiger charge is 2.52. The molecule has 2 aliphatic carbocycles. The van der Waals surface area contributed by atoms with Crippen molar-refractivity contribution in [1.82, 2.24) is 0 Å². The van der Waals surface area contributed by atoms with E-state index in [0.29, 0.717) is 0 Å². The molecule has 2 aliphatic rings. The average molecular weight is 501 g/mol. The molecule has 0 fully saturated rings. The minimum Gasteiger partial charge on any atom is -0.135 e. The summed E-state index contributed by atoms with van der Waals surface area (Å²) in [6, 6.07) is 38.5. The molecule has 33 heavy (non-hydrogen) atoms. The second kappa shape index (κ2) is 6.22. The van der Waals surface area contributed by atoms with Gasteiger partial charge in [-0.2, -0.15) is 0 Å². The molecule has 0 saturated carbocycles. The third-order valence-corrected chi connectivity index (χ3v) is 9.18. The predicted molar refractivity (Wildman–Crippen MR) is 143 cm³/mol. The second-order valence-corrected chi connectivity index (χ2v) is 11.0. The Morgan fingerprint density at radius 3 is 2.12 bits per heavy atom. The maximum absolute atomic E-state index is 3.79. The van der Waals surface area contributed by atoms with Crippen LogP contribution in [-0.2, 0) is 5.41 Å². The minimum atomic E-state index is -0.293. The topological polar surface area (TPSA) is 0 Å². The van der Waals surface area contributed by atoms with Crippen molar-refractivity contribution in [2.24, 2.45) is 0 Å². The molecule has 0 N–H and O–H groups in total. The van der Waals surface area contributed by atoms with Crippen LogP contribution in [0.5, 0.6) is 0 Å². The highest BCUT2D eigenvalue weighted by molar-refractivity contribution is 9.10. The van der Waals surface area contributed by atoms with Crippen LogP contribution in [0.15, 0.2) is 108 Å². The number of benzene rings is 5. The van der Waals surface area contributed by atoms with E-state index < -0.39 is 0 Å². The van der Waals surface area contributed by atoms with Crippen molar-refractivity contribution in [2.45, 2.75) is 5.41 Å². The summed E-state index contributed by atoms with van der Waals surface area (Å²) in [5, 5.41) is 2.76. The number of thiophene rings is 1. The third kappa shape index (κ3) is 2.08. The fourth-order valence-electron chi connectivity index (χ4n) is 6.41. The first-order valence-electron chi connectivity index (χ1n) is 11.2. The van der Waals surface area contributed by atoms with E-state index in [1.807, 2.05) is 11.3 Å². The Labute approximate surface area is 204 Å². The van der Waals surface area contributed by atoms with Gasteiger partial charge in [0, 0.05) is 24.6 Å². The first-order valence-corrected chi connectivity index (χ1v) is 12.8. The van der Waals surface area contributed by atoms with E-state index in [0.717, 1.165) is 4.47 Å². The summed E-state index contributed by atoms with van der Waals surface area (Å²) in [5.74, 6) is 0. The summed E-state index contributed by atoms with van der Waals surface area (Å²) in [5.41, 5.74) is 10.7. The second-order valence-electron chi connectivity index (χ2n) is 8.99. The molecule has 0 bridgehead atoms. The molecule has 5 aromatic carbocycles. The Bertz CT molecular complexity index is 1790. The maximum atomic E-state index is 3.79. The van der Waals surface area contributed by atoms with Gasteiger partial charge in [-0.05, 0) is 68.8 Å². The Morgan fingerprint density at radius 2 is 1.24 bits per heavy atom. The molecule has 0 amide bonds. The fraction of sp³-hybridized carbons (Fsp3) is 0.0323. The van der Waals surface area contributed by atoms with Crippen LogP contribution in [0.25, 0.3) is 42.4 Å². The monoisotopic (exact) mass is 500 g/mol. The number of hydrogen-bond acceptors (Lipinski definition) is 1. The van der Waals surface area contributed by atoms with E-state index in [9.17, 15) is 0 Å². The Kier molecular flexibility index (Phi) is 3.44. The van der Waals surface area contributed by atoms with E-state index in [-0.39, 0.29) is 5.41 Å². The van der Waals surface area contributed by atoms with Crippen LogP contribution >= 0.6 is 27.3 Å². The van der Waals surface area contributed by atoms with Crippen molar-refractivity contribution < 1.29 is 0 Å². The van der Waals surface area contributed by atoms with Gasteiger partial charge in [0.2, 0.25) is 0 Å². The van der Waals surface area contributed by atoms with Gasteiger partial charge in [0.15, 0.2) is 0 Å². The van der Waals surface area contributed by atoms with Gasteiger partial charge in [0.25, 0.3) is 0 Å². The van der Waals surface area contributed by atoms with Crippen LogP contribution in [0.4, 0.5) is 0 Å². The lowest BCUT2D eigenvalue weighted by molar-refractivity contribution is 0.794. The largest absolute Gasteiger partial charge is 0.135 e. The van der Waals surface area contributed by atoms with E-state index in [4.69, 9.17) is 0 Å². The van der Waals surface area contributed by atoms with Gasteiger partial charge in [-0.3, -0.25) is 0 Å². The summed E-state index contributed by atoms with van der Waals surface area (Å²) >= 11 is 5.69. The Morgan fingerprint density at radius 1 is 0.545 bits per heavy atom. The van der Waals surface area contributed by atoms with Crippen molar-refractivity contribution in [3.05, 3.63) is 130 Å². The van der Waals surface area contributed by atoms with E-state index >= 15 is 0 Å². The maximum Gasteiger partial charge on any atom is 0.0726 e. The first-order chi connectivity index (χ1) is 16.3. The van der Waals surface area contributed by atoms with E-state index in [1.165, 1.54) is 64.7 Å². The molecule has 0 nitrogen and oxygen atoms in total. The number of rotatable bonds is 0. The molecule has 0 aliphatic heterocycles. The van der Waals surface area contributed by atoms with Crippen molar-refractivity contribution in [1.29, 1.82) is 0 Å². The first kappa shape index (κ1) is 18.3. The molecule has 1 atom stereocenters. The Balaban J connectivity index is 1.64. The summed E-state index contributed by atoms with van der Waals surface area (Å²) in [6.07, 6.45) is 0. The van der Waals surface area contributed by atoms with Gasteiger partial charge in [-0.25, -0.2) is 0 Å². The zero-order valence-corrected chi connectivity index (χ0v) is 20.0. The number of hydrogen-bond donors (Lipinski definition) is 0. The highest BCUT2D eigenvalue weighted by atomic mass is 79.9. The average Bonchev–Trinajstić information content (AvgIpc) is 3.47. The van der Waals surface area contributed by atoms with Gasteiger partial charge in [-0.1, -0.05) is 94.8 Å². The zero-order chi connectivity index (χ0) is 21.7. The molecule has 1 spiro atoms. The van der Waals surface area contributed by atoms with Crippen molar-refractivity contribution in [3.63, 3.8) is 0 Å².